The van der Waals surface area contributed by atoms with E-state index < -0.39 is 17.4 Å². The molecule has 2 aromatic carbocycles. The SMILES string of the molecule is CCCOc1ccc(CS(=O)(=O)c2ccc(OCCCCP(=O)(O)O)cc2)cc1. The number of benzene rings is 2. The molecule has 9 heteroatoms. The lowest BCUT2D eigenvalue weighted by Crippen LogP contribution is -2.05. The third-order valence-electron chi connectivity index (χ3n) is 4.05. The van der Waals surface area contributed by atoms with Gasteiger partial charge in [0.2, 0.25) is 0 Å². The summed E-state index contributed by atoms with van der Waals surface area (Å²) in [7, 11) is -7.46. The lowest BCUT2D eigenvalue weighted by molar-refractivity contribution is 0.306. The first-order chi connectivity index (χ1) is 13.7. The number of hydrogen-bond donors (Lipinski definition) is 2. The van der Waals surface area contributed by atoms with E-state index >= 15 is 0 Å². The van der Waals surface area contributed by atoms with Crippen LogP contribution in [0, 0.1) is 0 Å². The van der Waals surface area contributed by atoms with Crippen LogP contribution in [-0.2, 0) is 20.2 Å². The minimum atomic E-state index is -3.97. The van der Waals surface area contributed by atoms with Crippen molar-refractivity contribution < 1.29 is 32.2 Å². The van der Waals surface area contributed by atoms with Gasteiger partial charge in [0.05, 0.1) is 23.9 Å². The normalized spacial score (nSPS) is 12.0. The van der Waals surface area contributed by atoms with Crippen molar-refractivity contribution in [2.24, 2.45) is 0 Å². The molecular weight excluding hydrogens is 415 g/mol. The molecule has 0 aliphatic heterocycles. The number of unbranched alkanes of at least 4 members (excludes halogenated alkanes) is 1. The molecule has 0 spiro atoms. The Hall–Kier alpha value is -1.86. The first-order valence-electron chi connectivity index (χ1n) is 9.41. The van der Waals surface area contributed by atoms with Crippen molar-refractivity contribution in [2.75, 3.05) is 19.4 Å². The van der Waals surface area contributed by atoms with Crippen LogP contribution in [0.25, 0.3) is 0 Å². The Kier molecular flexibility index (Phi) is 8.71. The summed E-state index contributed by atoms with van der Waals surface area (Å²) in [5.41, 5.74) is 0.680. The first kappa shape index (κ1) is 23.4. The van der Waals surface area contributed by atoms with Crippen LogP contribution in [0.5, 0.6) is 11.5 Å². The Labute approximate surface area is 171 Å². The number of rotatable bonds is 12. The third kappa shape index (κ3) is 8.58. The van der Waals surface area contributed by atoms with E-state index in [0.717, 1.165) is 12.2 Å². The predicted octanol–water partition coefficient (Wildman–Crippen LogP) is 3.79. The first-order valence-corrected chi connectivity index (χ1v) is 12.9. The van der Waals surface area contributed by atoms with Gasteiger partial charge in [0.15, 0.2) is 9.84 Å². The second-order valence-electron chi connectivity index (χ2n) is 6.67. The zero-order valence-corrected chi connectivity index (χ0v) is 18.1. The molecule has 0 bridgehead atoms. The number of hydrogen-bond acceptors (Lipinski definition) is 5. The highest BCUT2D eigenvalue weighted by Crippen LogP contribution is 2.35. The average Bonchev–Trinajstić information content (AvgIpc) is 2.66. The molecule has 2 aromatic rings. The topological polar surface area (TPSA) is 110 Å². The van der Waals surface area contributed by atoms with Crippen molar-refractivity contribution in [1.29, 1.82) is 0 Å². The summed E-state index contributed by atoms with van der Waals surface area (Å²) in [5.74, 6) is 1.12. The highest BCUT2D eigenvalue weighted by molar-refractivity contribution is 7.90. The molecule has 160 valence electrons. The van der Waals surface area contributed by atoms with E-state index in [4.69, 9.17) is 19.3 Å². The molecule has 7 nitrogen and oxygen atoms in total. The van der Waals surface area contributed by atoms with Crippen molar-refractivity contribution >= 4 is 17.4 Å². The summed E-state index contributed by atoms with van der Waals surface area (Å²) in [4.78, 5) is 17.8. The molecule has 0 amide bonds. The van der Waals surface area contributed by atoms with Crippen LogP contribution in [0.3, 0.4) is 0 Å². The maximum atomic E-state index is 12.6. The van der Waals surface area contributed by atoms with Gasteiger partial charge in [-0.05, 0) is 61.2 Å². The average molecular weight is 442 g/mol. The highest BCUT2D eigenvalue weighted by atomic mass is 32.2. The van der Waals surface area contributed by atoms with Crippen LogP contribution in [0.2, 0.25) is 0 Å². The molecule has 0 aliphatic rings. The zero-order chi connectivity index (χ0) is 21.3. The minimum Gasteiger partial charge on any atom is -0.494 e. The predicted molar refractivity (Wildman–Crippen MR) is 111 cm³/mol. The van der Waals surface area contributed by atoms with Gasteiger partial charge in [-0.2, -0.15) is 0 Å². The third-order valence-corrected chi connectivity index (χ3v) is 6.65. The maximum absolute atomic E-state index is 12.6. The lowest BCUT2D eigenvalue weighted by Gasteiger charge is -2.09. The van der Waals surface area contributed by atoms with Gasteiger partial charge >= 0.3 is 7.60 Å². The van der Waals surface area contributed by atoms with E-state index in [0.29, 0.717) is 37.4 Å². The highest BCUT2D eigenvalue weighted by Gasteiger charge is 2.16. The molecule has 0 aromatic heterocycles. The smallest absolute Gasteiger partial charge is 0.325 e. The zero-order valence-electron chi connectivity index (χ0n) is 16.4. The van der Waals surface area contributed by atoms with E-state index in [1.54, 1.807) is 36.4 Å². The van der Waals surface area contributed by atoms with Gasteiger partial charge in [0.1, 0.15) is 11.5 Å². The van der Waals surface area contributed by atoms with Gasteiger partial charge in [0.25, 0.3) is 0 Å². The number of sulfone groups is 1. The molecule has 0 aliphatic carbocycles. The van der Waals surface area contributed by atoms with E-state index in [-0.39, 0.29) is 16.8 Å². The molecule has 0 unspecified atom stereocenters. The monoisotopic (exact) mass is 442 g/mol. The van der Waals surface area contributed by atoms with Crippen molar-refractivity contribution in [3.63, 3.8) is 0 Å². The standard InChI is InChI=1S/C20H27O7PS/c1-2-13-26-18-7-5-17(6-8-18)16-29(24,25)20-11-9-19(10-12-20)27-14-3-4-15-28(21,22)23/h5-12H,2-4,13-16H2,1H3,(H2,21,22,23). The second-order valence-corrected chi connectivity index (χ2v) is 10.4. The van der Waals surface area contributed by atoms with Gasteiger partial charge in [-0.1, -0.05) is 19.1 Å². The molecule has 0 heterocycles. The Morgan fingerprint density at radius 3 is 1.97 bits per heavy atom. The van der Waals surface area contributed by atoms with Crippen molar-refractivity contribution in [3.8, 4) is 11.5 Å². The van der Waals surface area contributed by atoms with Crippen LogP contribution < -0.4 is 9.47 Å². The van der Waals surface area contributed by atoms with E-state index in [1.807, 2.05) is 6.92 Å². The Balaban J connectivity index is 1.88. The summed E-state index contributed by atoms with van der Waals surface area (Å²) in [5, 5.41) is 0. The van der Waals surface area contributed by atoms with Gasteiger partial charge in [-0.3, -0.25) is 4.57 Å². The molecule has 2 rings (SSSR count). The molecule has 0 atom stereocenters. The van der Waals surface area contributed by atoms with Crippen LogP contribution in [0.1, 0.15) is 31.7 Å². The Morgan fingerprint density at radius 2 is 1.41 bits per heavy atom. The summed E-state index contributed by atoms with van der Waals surface area (Å²) >= 11 is 0. The van der Waals surface area contributed by atoms with E-state index in [2.05, 4.69) is 0 Å². The molecule has 0 saturated carbocycles. The summed E-state index contributed by atoms with van der Waals surface area (Å²) < 4.78 is 47.0. The van der Waals surface area contributed by atoms with Crippen LogP contribution in [-0.4, -0.2) is 37.6 Å². The van der Waals surface area contributed by atoms with Crippen molar-refractivity contribution in [3.05, 3.63) is 54.1 Å². The Bertz CT molecular complexity index is 903. The fourth-order valence-electron chi connectivity index (χ4n) is 2.56. The van der Waals surface area contributed by atoms with Crippen molar-refractivity contribution in [1.82, 2.24) is 0 Å². The fourth-order valence-corrected chi connectivity index (χ4v) is 4.54. The van der Waals surface area contributed by atoms with E-state index in [1.165, 1.54) is 12.1 Å². The Morgan fingerprint density at radius 1 is 0.862 bits per heavy atom. The largest absolute Gasteiger partial charge is 0.494 e. The molecular formula is C20H27O7PS. The lowest BCUT2D eigenvalue weighted by atomic mass is 10.2. The van der Waals surface area contributed by atoms with Crippen molar-refractivity contribution in [2.45, 2.75) is 36.8 Å². The van der Waals surface area contributed by atoms with Crippen LogP contribution >= 0.6 is 7.60 Å². The van der Waals surface area contributed by atoms with Gasteiger partial charge in [0, 0.05) is 6.16 Å². The minimum absolute atomic E-state index is 0.108. The van der Waals surface area contributed by atoms with Gasteiger partial charge in [-0.25, -0.2) is 8.42 Å². The maximum Gasteiger partial charge on any atom is 0.325 e. The summed E-state index contributed by atoms with van der Waals surface area (Å²) in [6.45, 7) is 2.94. The van der Waals surface area contributed by atoms with Crippen LogP contribution in [0.15, 0.2) is 53.4 Å². The molecule has 2 N–H and O–H groups in total. The quantitative estimate of drug-likeness (QED) is 0.380. The molecule has 0 saturated heterocycles. The van der Waals surface area contributed by atoms with E-state index in [9.17, 15) is 13.0 Å². The number of ether oxygens (including phenoxy) is 2. The molecule has 0 radical (unpaired) electrons. The van der Waals surface area contributed by atoms with Gasteiger partial charge < -0.3 is 19.3 Å². The summed E-state index contributed by atoms with van der Waals surface area (Å²) in [6.07, 6.45) is 1.60. The summed E-state index contributed by atoms with van der Waals surface area (Å²) in [6, 6.07) is 13.2. The van der Waals surface area contributed by atoms with Crippen LogP contribution in [0.4, 0.5) is 0 Å². The second kappa shape index (κ2) is 10.8. The molecule has 0 fully saturated rings. The van der Waals surface area contributed by atoms with Gasteiger partial charge in [-0.15, -0.1) is 0 Å². The molecule has 29 heavy (non-hydrogen) atoms. The fraction of sp³-hybridized carbons (Fsp3) is 0.400.